The molecule has 172 valence electrons. The van der Waals surface area contributed by atoms with Crippen LogP contribution in [0, 0.1) is 5.92 Å². The molecule has 1 aliphatic heterocycles. The van der Waals surface area contributed by atoms with Gasteiger partial charge >= 0.3 is 6.09 Å². The van der Waals surface area contributed by atoms with E-state index in [4.69, 9.17) is 14.2 Å². The zero-order chi connectivity index (χ0) is 22.9. The number of aliphatic hydroxyl groups is 2. The molecule has 2 aromatic carbocycles. The van der Waals surface area contributed by atoms with Crippen molar-refractivity contribution in [3.05, 3.63) is 71.8 Å². The number of carbonyl (C=O) groups excluding carboxylic acids is 2. The molecule has 0 aromatic heterocycles. The Kier molecular flexibility index (Phi) is 8.75. The number of hydrogen-bond donors (Lipinski definition) is 3. The maximum absolute atomic E-state index is 13.2. The molecule has 1 amide bonds. The molecule has 0 spiro atoms. The number of nitrogens with one attached hydrogen (secondary N) is 1. The number of benzene rings is 2. The third-order valence-electron chi connectivity index (χ3n) is 5.53. The van der Waals surface area contributed by atoms with E-state index < -0.39 is 36.6 Å². The van der Waals surface area contributed by atoms with E-state index in [9.17, 15) is 19.8 Å². The Bertz CT molecular complexity index is 859. The fourth-order valence-corrected chi connectivity index (χ4v) is 3.78. The van der Waals surface area contributed by atoms with Crippen LogP contribution in [0.1, 0.15) is 17.5 Å². The van der Waals surface area contributed by atoms with E-state index >= 15 is 0 Å². The number of ketones is 1. The van der Waals surface area contributed by atoms with Crippen LogP contribution in [0.15, 0.2) is 60.7 Å². The van der Waals surface area contributed by atoms with Crippen LogP contribution < -0.4 is 5.32 Å². The SMILES string of the molecule is CO[C@@H]1O[C@H](CO)[C@H](CC(=O)[C@H](Cc2ccccc2)NC(=O)OCc2ccccc2)C1O. The van der Waals surface area contributed by atoms with E-state index in [1.165, 1.54) is 7.11 Å². The summed E-state index contributed by atoms with van der Waals surface area (Å²) < 4.78 is 15.8. The summed E-state index contributed by atoms with van der Waals surface area (Å²) in [6.07, 6.45) is -3.25. The lowest BCUT2D eigenvalue weighted by atomic mass is 9.89. The van der Waals surface area contributed by atoms with Gasteiger partial charge < -0.3 is 29.7 Å². The molecule has 1 aliphatic rings. The lowest BCUT2D eigenvalue weighted by Gasteiger charge is -2.22. The van der Waals surface area contributed by atoms with Crippen LogP contribution in [0.2, 0.25) is 0 Å². The maximum atomic E-state index is 13.2. The number of carbonyl (C=O) groups is 2. The average Bonchev–Trinajstić information content (AvgIpc) is 3.13. The van der Waals surface area contributed by atoms with Crippen LogP contribution >= 0.6 is 0 Å². The van der Waals surface area contributed by atoms with E-state index in [2.05, 4.69) is 5.32 Å². The Morgan fingerprint density at radius 1 is 1.06 bits per heavy atom. The van der Waals surface area contributed by atoms with Gasteiger partial charge in [0.2, 0.25) is 0 Å². The smallest absolute Gasteiger partial charge is 0.408 e. The van der Waals surface area contributed by atoms with Gasteiger partial charge in [0.1, 0.15) is 12.7 Å². The van der Waals surface area contributed by atoms with Gasteiger partial charge in [-0.1, -0.05) is 60.7 Å². The van der Waals surface area contributed by atoms with Gasteiger partial charge in [0.25, 0.3) is 0 Å². The van der Waals surface area contributed by atoms with Gasteiger partial charge in [-0.05, 0) is 17.5 Å². The highest BCUT2D eigenvalue weighted by Gasteiger charge is 2.45. The molecule has 2 aromatic rings. The Balaban J connectivity index is 1.67. The summed E-state index contributed by atoms with van der Waals surface area (Å²) in [5.41, 5.74) is 1.70. The van der Waals surface area contributed by atoms with E-state index in [-0.39, 0.29) is 31.8 Å². The van der Waals surface area contributed by atoms with E-state index in [1.807, 2.05) is 60.7 Å². The third-order valence-corrected chi connectivity index (χ3v) is 5.53. The van der Waals surface area contributed by atoms with Crippen molar-refractivity contribution in [3.8, 4) is 0 Å². The van der Waals surface area contributed by atoms with Crippen LogP contribution in [0.5, 0.6) is 0 Å². The van der Waals surface area contributed by atoms with Gasteiger partial charge in [0.05, 0.1) is 18.8 Å². The summed E-state index contributed by atoms with van der Waals surface area (Å²) in [6.45, 7) is -0.277. The van der Waals surface area contributed by atoms with E-state index in [1.54, 1.807) is 0 Å². The Morgan fingerprint density at radius 2 is 1.69 bits per heavy atom. The van der Waals surface area contributed by atoms with Gasteiger partial charge in [-0.3, -0.25) is 4.79 Å². The molecule has 0 saturated carbocycles. The second-order valence-electron chi connectivity index (χ2n) is 7.73. The van der Waals surface area contributed by atoms with Gasteiger partial charge in [0.15, 0.2) is 12.1 Å². The second kappa shape index (κ2) is 11.7. The summed E-state index contributed by atoms with van der Waals surface area (Å²) in [5, 5.41) is 22.7. The first kappa shape index (κ1) is 23.9. The van der Waals surface area contributed by atoms with Crippen LogP contribution in [0.25, 0.3) is 0 Å². The predicted octanol–water partition coefficient (Wildman–Crippen LogP) is 1.82. The minimum Gasteiger partial charge on any atom is -0.445 e. The Labute approximate surface area is 187 Å². The highest BCUT2D eigenvalue weighted by atomic mass is 16.7. The molecule has 1 unspecified atom stereocenters. The predicted molar refractivity (Wildman–Crippen MR) is 116 cm³/mol. The van der Waals surface area contributed by atoms with E-state index in [0.29, 0.717) is 0 Å². The molecule has 32 heavy (non-hydrogen) atoms. The molecule has 8 heteroatoms. The fourth-order valence-electron chi connectivity index (χ4n) is 3.78. The maximum Gasteiger partial charge on any atom is 0.408 e. The molecule has 0 bridgehead atoms. The topological polar surface area (TPSA) is 114 Å². The molecule has 1 heterocycles. The molecular formula is C24H29NO7. The summed E-state index contributed by atoms with van der Waals surface area (Å²) in [6, 6.07) is 17.7. The molecular weight excluding hydrogens is 414 g/mol. The zero-order valence-electron chi connectivity index (χ0n) is 17.9. The van der Waals surface area contributed by atoms with Gasteiger partial charge in [-0.15, -0.1) is 0 Å². The molecule has 5 atom stereocenters. The lowest BCUT2D eigenvalue weighted by molar-refractivity contribution is -0.153. The van der Waals surface area contributed by atoms with E-state index in [0.717, 1.165) is 11.1 Å². The van der Waals surface area contributed by atoms with Crippen molar-refractivity contribution in [2.24, 2.45) is 5.92 Å². The Morgan fingerprint density at radius 3 is 2.28 bits per heavy atom. The number of methoxy groups -OCH3 is 1. The van der Waals surface area contributed by atoms with Gasteiger partial charge in [0, 0.05) is 19.4 Å². The van der Waals surface area contributed by atoms with Crippen molar-refractivity contribution < 1.29 is 34.0 Å². The van der Waals surface area contributed by atoms with Crippen molar-refractivity contribution in [3.63, 3.8) is 0 Å². The molecule has 8 nitrogen and oxygen atoms in total. The highest BCUT2D eigenvalue weighted by molar-refractivity contribution is 5.88. The second-order valence-corrected chi connectivity index (χ2v) is 7.73. The minimum atomic E-state index is -1.07. The summed E-state index contributed by atoms with van der Waals surface area (Å²) in [5.74, 6) is -0.953. The van der Waals surface area contributed by atoms with Crippen LogP contribution in [0.4, 0.5) is 4.79 Å². The third kappa shape index (κ3) is 6.37. The molecule has 3 N–H and O–H groups in total. The number of alkyl carbamates (subject to hydrolysis) is 1. The first-order valence-electron chi connectivity index (χ1n) is 10.5. The number of ether oxygens (including phenoxy) is 3. The van der Waals surface area contributed by atoms with Crippen molar-refractivity contribution in [1.82, 2.24) is 5.32 Å². The molecule has 0 aliphatic carbocycles. The molecule has 0 radical (unpaired) electrons. The van der Waals surface area contributed by atoms with Crippen LogP contribution in [0.3, 0.4) is 0 Å². The van der Waals surface area contributed by atoms with Crippen LogP contribution in [-0.2, 0) is 32.0 Å². The number of rotatable bonds is 10. The monoisotopic (exact) mass is 443 g/mol. The Hall–Kier alpha value is -2.78. The summed E-state index contributed by atoms with van der Waals surface area (Å²) in [7, 11) is 1.38. The van der Waals surface area contributed by atoms with Crippen LogP contribution in [-0.4, -0.2) is 60.3 Å². The first-order valence-corrected chi connectivity index (χ1v) is 10.5. The fraction of sp³-hybridized carbons (Fsp3) is 0.417. The number of Topliss-reactive ketones (excluding diaryl/α,β-unsaturated/α-hetero) is 1. The van der Waals surface area contributed by atoms with Crippen molar-refractivity contribution in [2.45, 2.75) is 44.0 Å². The quantitative estimate of drug-likeness (QED) is 0.513. The standard InChI is InChI=1S/C24H29NO7/c1-30-23-22(28)18(21(14-26)32-23)13-20(27)19(12-16-8-4-2-5-9-16)25-24(29)31-15-17-10-6-3-7-11-17/h2-11,18-19,21-23,26,28H,12-15H2,1H3,(H,25,29)/t18-,19-,21+,22?,23+/m0/s1. The zero-order valence-corrected chi connectivity index (χ0v) is 17.9. The normalized spacial score (nSPS) is 23.5. The van der Waals surface area contributed by atoms with Gasteiger partial charge in [-0.25, -0.2) is 4.79 Å². The summed E-state index contributed by atoms with van der Waals surface area (Å²) >= 11 is 0. The lowest BCUT2D eigenvalue weighted by Crippen LogP contribution is -2.44. The highest BCUT2D eigenvalue weighted by Crippen LogP contribution is 2.30. The average molecular weight is 443 g/mol. The first-order chi connectivity index (χ1) is 15.5. The number of aliphatic hydroxyl groups excluding tert-OH is 2. The molecule has 3 rings (SSSR count). The van der Waals surface area contributed by atoms with Crippen molar-refractivity contribution >= 4 is 11.9 Å². The van der Waals surface area contributed by atoms with Gasteiger partial charge in [-0.2, -0.15) is 0 Å². The molecule has 1 saturated heterocycles. The van der Waals surface area contributed by atoms with Crippen molar-refractivity contribution in [2.75, 3.05) is 13.7 Å². The number of amides is 1. The largest absolute Gasteiger partial charge is 0.445 e. The minimum absolute atomic E-state index is 0.0796. The molecule has 1 fully saturated rings. The van der Waals surface area contributed by atoms with Crippen molar-refractivity contribution in [1.29, 1.82) is 0 Å². The number of hydrogen-bond acceptors (Lipinski definition) is 7. The summed E-state index contributed by atoms with van der Waals surface area (Å²) in [4.78, 5) is 25.6.